The average Bonchev–Trinajstić information content (AvgIpc) is 2.85. The predicted molar refractivity (Wildman–Crippen MR) is 157 cm³/mol. The van der Waals surface area contributed by atoms with Crippen molar-refractivity contribution in [1.29, 1.82) is 0 Å². The molecule has 4 N–H and O–H groups in total. The third kappa shape index (κ3) is 16.4. The van der Waals surface area contributed by atoms with E-state index >= 15 is 0 Å². The number of thioether (sulfide) groups is 1. The fourth-order valence-electron chi connectivity index (χ4n) is 4.16. The van der Waals surface area contributed by atoms with Crippen molar-refractivity contribution in [2.24, 2.45) is 0 Å². The Hall–Kier alpha value is -1.62. The fraction of sp³-hybridized carbons (Fsp3) is 0.714. The van der Waals surface area contributed by atoms with Crippen LogP contribution in [0, 0.1) is 0 Å². The van der Waals surface area contributed by atoms with Crippen molar-refractivity contribution in [3.8, 4) is 0 Å². The van der Waals surface area contributed by atoms with E-state index in [4.69, 9.17) is 0 Å². The van der Waals surface area contributed by atoms with E-state index < -0.39 is 15.9 Å². The minimum absolute atomic E-state index is 0.00977. The average molecular weight is 573 g/mol. The molecule has 218 valence electrons. The number of anilines is 1. The van der Waals surface area contributed by atoms with Gasteiger partial charge in [0.15, 0.2) is 0 Å². The molecular formula is C28H48N2O6S2. The van der Waals surface area contributed by atoms with Crippen molar-refractivity contribution in [1.82, 2.24) is 5.32 Å². The van der Waals surface area contributed by atoms with Crippen LogP contribution in [0.1, 0.15) is 101 Å². The summed E-state index contributed by atoms with van der Waals surface area (Å²) in [5, 5.41) is 25.9. The Morgan fingerprint density at radius 1 is 0.921 bits per heavy atom. The summed E-state index contributed by atoms with van der Waals surface area (Å²) >= 11 is 1.46. The Bertz CT molecular complexity index is 939. The van der Waals surface area contributed by atoms with E-state index in [1.807, 2.05) is 6.26 Å². The van der Waals surface area contributed by atoms with Crippen LogP contribution in [0.15, 0.2) is 23.1 Å². The van der Waals surface area contributed by atoms with Gasteiger partial charge in [0, 0.05) is 29.7 Å². The number of benzene rings is 1. The van der Waals surface area contributed by atoms with Gasteiger partial charge in [-0.05, 0) is 69.4 Å². The van der Waals surface area contributed by atoms with Gasteiger partial charge < -0.3 is 20.8 Å². The van der Waals surface area contributed by atoms with Gasteiger partial charge in [-0.2, -0.15) is 0 Å². The molecule has 2 unspecified atom stereocenters. The van der Waals surface area contributed by atoms with Crippen LogP contribution >= 0.6 is 11.8 Å². The molecule has 1 aromatic rings. The molecule has 0 saturated carbocycles. The summed E-state index contributed by atoms with van der Waals surface area (Å²) in [6, 6.07) is 5.07. The lowest BCUT2D eigenvalue weighted by Crippen LogP contribution is -2.26. The molecule has 0 spiro atoms. The Labute approximate surface area is 233 Å². The summed E-state index contributed by atoms with van der Waals surface area (Å²) < 4.78 is 22.4. The van der Waals surface area contributed by atoms with Crippen LogP contribution in [-0.4, -0.2) is 67.5 Å². The zero-order chi connectivity index (χ0) is 28.4. The number of unbranched alkanes of at least 4 members (excludes halogenated alkanes) is 4. The number of hydrogen-bond donors (Lipinski definition) is 4. The second kappa shape index (κ2) is 19.4. The number of sulfone groups is 1. The molecule has 8 nitrogen and oxygen atoms in total. The smallest absolute Gasteiger partial charge is 0.251 e. The van der Waals surface area contributed by atoms with E-state index in [9.17, 15) is 28.2 Å². The molecule has 1 aromatic carbocycles. The molecule has 0 aromatic heterocycles. The minimum atomic E-state index is -3.07. The largest absolute Gasteiger partial charge is 0.393 e. The molecule has 0 heterocycles. The lowest BCUT2D eigenvalue weighted by Gasteiger charge is -2.14. The standard InChI is InChI=1S/C28H48N2O6S2/c1-4-5-6-7-8-12-23(31)13-9-14-24(32)15-10-16-27(33)30-25-21-22(17-18-26(25)37-2)28(34)29-19-11-20-38(3,35)36/h17-18,21,23-24,31-32H,4-16,19-20H2,1-3H3,(H,29,34)(H,30,33). The Balaban J connectivity index is 2.37. The zero-order valence-corrected chi connectivity index (χ0v) is 25.0. The first kappa shape index (κ1) is 34.4. The number of rotatable bonds is 21. The predicted octanol–water partition coefficient (Wildman–Crippen LogP) is 4.93. The number of carbonyl (C=O) groups is 2. The van der Waals surface area contributed by atoms with Gasteiger partial charge in [0.2, 0.25) is 5.91 Å². The second-order valence-corrected chi connectivity index (χ2v) is 13.1. The van der Waals surface area contributed by atoms with Crippen molar-refractivity contribution >= 4 is 39.1 Å². The number of nitrogens with one attached hydrogen (secondary N) is 2. The van der Waals surface area contributed by atoms with E-state index in [-0.39, 0.29) is 36.6 Å². The van der Waals surface area contributed by atoms with Crippen molar-refractivity contribution in [3.05, 3.63) is 23.8 Å². The maximum absolute atomic E-state index is 12.5. The van der Waals surface area contributed by atoms with E-state index in [1.165, 1.54) is 37.4 Å². The van der Waals surface area contributed by atoms with Gasteiger partial charge in [0.1, 0.15) is 9.84 Å². The van der Waals surface area contributed by atoms with Crippen molar-refractivity contribution in [2.45, 2.75) is 107 Å². The summed E-state index contributed by atoms with van der Waals surface area (Å²) in [6.45, 7) is 2.43. The SMILES string of the molecule is CCCCCCCC(O)CCCC(O)CCCC(=O)Nc1cc(C(=O)NCCCS(C)(=O)=O)ccc1SC. The molecule has 0 aliphatic carbocycles. The molecule has 2 atom stereocenters. The van der Waals surface area contributed by atoms with Crippen LogP contribution in [0.3, 0.4) is 0 Å². The molecule has 0 saturated heterocycles. The molecular weight excluding hydrogens is 524 g/mol. The van der Waals surface area contributed by atoms with Crippen molar-refractivity contribution in [3.63, 3.8) is 0 Å². The van der Waals surface area contributed by atoms with E-state index in [0.717, 1.165) is 30.4 Å². The zero-order valence-electron chi connectivity index (χ0n) is 23.3. The second-order valence-electron chi connectivity index (χ2n) is 10.0. The fourth-order valence-corrected chi connectivity index (χ4v) is 5.36. The van der Waals surface area contributed by atoms with Gasteiger partial charge in [-0.25, -0.2) is 8.42 Å². The number of hydrogen-bond acceptors (Lipinski definition) is 7. The van der Waals surface area contributed by atoms with Gasteiger partial charge in [-0.3, -0.25) is 9.59 Å². The lowest BCUT2D eigenvalue weighted by molar-refractivity contribution is -0.116. The van der Waals surface area contributed by atoms with Crippen LogP contribution in [0.2, 0.25) is 0 Å². The van der Waals surface area contributed by atoms with E-state index in [2.05, 4.69) is 17.6 Å². The molecule has 0 fully saturated rings. The topological polar surface area (TPSA) is 133 Å². The van der Waals surface area contributed by atoms with Crippen LogP contribution in [0.4, 0.5) is 5.69 Å². The molecule has 1 rings (SSSR count). The van der Waals surface area contributed by atoms with Gasteiger partial charge in [0.25, 0.3) is 5.91 Å². The van der Waals surface area contributed by atoms with Gasteiger partial charge >= 0.3 is 0 Å². The first-order valence-corrected chi connectivity index (χ1v) is 17.1. The minimum Gasteiger partial charge on any atom is -0.393 e. The number of carbonyl (C=O) groups excluding carboxylic acids is 2. The van der Waals surface area contributed by atoms with Gasteiger partial charge in [-0.1, -0.05) is 39.0 Å². The van der Waals surface area contributed by atoms with E-state index in [0.29, 0.717) is 43.4 Å². The highest BCUT2D eigenvalue weighted by atomic mass is 32.2. The molecule has 2 amide bonds. The Morgan fingerprint density at radius 2 is 1.55 bits per heavy atom. The highest BCUT2D eigenvalue weighted by molar-refractivity contribution is 7.98. The molecule has 0 bridgehead atoms. The van der Waals surface area contributed by atoms with Crippen molar-refractivity contribution in [2.75, 3.05) is 30.1 Å². The van der Waals surface area contributed by atoms with Gasteiger partial charge in [0.05, 0.1) is 23.6 Å². The Kier molecular flexibility index (Phi) is 17.6. The van der Waals surface area contributed by atoms with Crippen LogP contribution in [-0.2, 0) is 14.6 Å². The maximum atomic E-state index is 12.5. The highest BCUT2D eigenvalue weighted by Crippen LogP contribution is 2.27. The highest BCUT2D eigenvalue weighted by Gasteiger charge is 2.13. The van der Waals surface area contributed by atoms with Gasteiger partial charge in [-0.15, -0.1) is 11.8 Å². The first-order valence-electron chi connectivity index (χ1n) is 13.9. The summed E-state index contributed by atoms with van der Waals surface area (Å²) in [7, 11) is -3.07. The lowest BCUT2D eigenvalue weighted by atomic mass is 10.0. The third-order valence-electron chi connectivity index (χ3n) is 6.37. The maximum Gasteiger partial charge on any atom is 0.251 e. The number of amides is 2. The third-order valence-corrected chi connectivity index (χ3v) is 8.20. The van der Waals surface area contributed by atoms with Crippen molar-refractivity contribution < 1.29 is 28.2 Å². The Morgan fingerprint density at radius 3 is 2.18 bits per heavy atom. The van der Waals surface area contributed by atoms with Crippen LogP contribution in [0.5, 0.6) is 0 Å². The normalized spacial score (nSPS) is 13.2. The molecule has 10 heteroatoms. The number of aliphatic hydroxyl groups is 2. The summed E-state index contributed by atoms with van der Waals surface area (Å²) in [4.78, 5) is 25.8. The monoisotopic (exact) mass is 572 g/mol. The summed E-state index contributed by atoms with van der Waals surface area (Å²) in [5.41, 5.74) is 0.937. The molecule has 0 radical (unpaired) electrons. The number of aliphatic hydroxyl groups excluding tert-OH is 2. The summed E-state index contributed by atoms with van der Waals surface area (Å²) in [5.74, 6) is -0.501. The van der Waals surface area contributed by atoms with Crippen LogP contribution < -0.4 is 10.6 Å². The molecule has 0 aliphatic rings. The van der Waals surface area contributed by atoms with E-state index in [1.54, 1.807) is 18.2 Å². The molecule has 38 heavy (non-hydrogen) atoms. The quantitative estimate of drug-likeness (QED) is 0.121. The summed E-state index contributed by atoms with van der Waals surface area (Å²) in [6.07, 6.45) is 12.7. The van der Waals surface area contributed by atoms with Crippen LogP contribution in [0.25, 0.3) is 0 Å². The first-order chi connectivity index (χ1) is 18.1. The molecule has 0 aliphatic heterocycles.